The average Bonchev–Trinajstić information content (AvgIpc) is 2.79. The number of nitrogens with one attached hydrogen (secondary N) is 2. The van der Waals surface area contributed by atoms with Gasteiger partial charge in [-0.15, -0.1) is 0 Å². The van der Waals surface area contributed by atoms with Gasteiger partial charge in [-0.2, -0.15) is 0 Å². The molecule has 0 radical (unpaired) electrons. The minimum atomic E-state index is -0.571. The molecular weight excluding hydrogens is 440 g/mol. The molecule has 33 heavy (non-hydrogen) atoms. The van der Waals surface area contributed by atoms with Crippen LogP contribution in [-0.2, 0) is 0 Å². The second-order valence-electron chi connectivity index (χ2n) is 7.30. The average molecular weight is 463 g/mol. The zero-order valence-corrected chi connectivity index (χ0v) is 19.0. The van der Waals surface area contributed by atoms with Crippen LogP contribution in [0.3, 0.4) is 0 Å². The van der Waals surface area contributed by atoms with Crippen molar-refractivity contribution in [3.63, 3.8) is 0 Å². The first-order chi connectivity index (χ1) is 16.0. The lowest BCUT2D eigenvalue weighted by Gasteiger charge is -2.18. The third-order valence-electron chi connectivity index (χ3n) is 5.13. The van der Waals surface area contributed by atoms with Crippen LogP contribution in [-0.4, -0.2) is 25.3 Å². The molecule has 0 fully saturated rings. The van der Waals surface area contributed by atoms with Crippen molar-refractivity contribution >= 4 is 45.3 Å². The second kappa shape index (κ2) is 9.79. The third-order valence-corrected chi connectivity index (χ3v) is 5.37. The largest absolute Gasteiger partial charge is 0.412 e. The number of fused-ring (bicyclic) bond motifs is 2. The first-order valence-electron chi connectivity index (χ1n) is 10.7. The van der Waals surface area contributed by atoms with Crippen molar-refractivity contribution in [2.24, 2.45) is 0 Å². The van der Waals surface area contributed by atoms with Gasteiger partial charge in [0.25, 0.3) is 0 Å². The van der Waals surface area contributed by atoms with Crippen LogP contribution in [0.2, 0.25) is 5.02 Å². The zero-order chi connectivity index (χ0) is 23.4. The predicted octanol–water partition coefficient (Wildman–Crippen LogP) is 6.53. The van der Waals surface area contributed by atoms with E-state index in [0.29, 0.717) is 40.7 Å². The van der Waals surface area contributed by atoms with E-state index in [1.807, 2.05) is 62.4 Å². The van der Waals surface area contributed by atoms with E-state index < -0.39 is 12.2 Å². The van der Waals surface area contributed by atoms with Crippen LogP contribution < -0.4 is 20.1 Å². The Morgan fingerprint density at radius 3 is 1.88 bits per heavy atom. The van der Waals surface area contributed by atoms with E-state index in [2.05, 4.69) is 10.6 Å². The number of amides is 2. The molecule has 0 aliphatic carbocycles. The summed E-state index contributed by atoms with van der Waals surface area (Å²) in [5, 5.41) is 9.36. The van der Waals surface area contributed by atoms with E-state index in [0.717, 1.165) is 21.5 Å². The van der Waals surface area contributed by atoms with Gasteiger partial charge in [0.1, 0.15) is 11.5 Å². The highest BCUT2D eigenvalue weighted by molar-refractivity contribution is 6.31. The maximum Gasteiger partial charge on any atom is 0.412 e. The van der Waals surface area contributed by atoms with Crippen LogP contribution in [0, 0.1) is 0 Å². The fourth-order valence-electron chi connectivity index (χ4n) is 3.78. The van der Waals surface area contributed by atoms with Crippen LogP contribution in [0.4, 0.5) is 9.59 Å². The van der Waals surface area contributed by atoms with Gasteiger partial charge in [0.05, 0.1) is 0 Å². The molecule has 0 aliphatic heterocycles. The molecule has 4 aromatic rings. The van der Waals surface area contributed by atoms with Gasteiger partial charge in [-0.1, -0.05) is 54.1 Å². The van der Waals surface area contributed by atoms with Crippen LogP contribution in [0.5, 0.6) is 11.5 Å². The van der Waals surface area contributed by atoms with Crippen molar-refractivity contribution < 1.29 is 19.1 Å². The Bertz CT molecular complexity index is 1350. The molecule has 6 nitrogen and oxygen atoms in total. The van der Waals surface area contributed by atoms with Crippen LogP contribution >= 0.6 is 11.6 Å². The Hall–Kier alpha value is -3.77. The van der Waals surface area contributed by atoms with Crippen molar-refractivity contribution in [3.8, 4) is 22.6 Å². The number of carbonyl (C=O) groups is 2. The number of rotatable bonds is 5. The fourth-order valence-corrected chi connectivity index (χ4v) is 3.96. The SMILES string of the molecule is CCNC(=O)Oc1ccc2ccccc2c1-c1c(OC(=O)NCC)ccc2cc(Cl)ccc12. The van der Waals surface area contributed by atoms with E-state index in [4.69, 9.17) is 21.1 Å². The second-order valence-corrected chi connectivity index (χ2v) is 7.74. The number of benzene rings is 4. The van der Waals surface area contributed by atoms with E-state index in [1.165, 1.54) is 0 Å². The summed E-state index contributed by atoms with van der Waals surface area (Å²) in [6.45, 7) is 4.49. The lowest BCUT2D eigenvalue weighted by atomic mass is 9.92. The molecule has 0 saturated heterocycles. The Morgan fingerprint density at radius 2 is 1.27 bits per heavy atom. The van der Waals surface area contributed by atoms with E-state index >= 15 is 0 Å². The minimum Gasteiger partial charge on any atom is -0.410 e. The highest BCUT2D eigenvalue weighted by Gasteiger charge is 2.22. The number of ether oxygens (including phenoxy) is 2. The Labute approximate surface area is 196 Å². The minimum absolute atomic E-state index is 0.341. The number of halogens is 1. The molecule has 4 rings (SSSR count). The van der Waals surface area contributed by atoms with Crippen molar-refractivity contribution in [1.82, 2.24) is 10.6 Å². The Balaban J connectivity index is 2.04. The van der Waals surface area contributed by atoms with Gasteiger partial charge < -0.3 is 20.1 Å². The fraction of sp³-hybridized carbons (Fsp3) is 0.154. The molecule has 0 heterocycles. The number of hydrogen-bond donors (Lipinski definition) is 2. The third kappa shape index (κ3) is 4.71. The lowest BCUT2D eigenvalue weighted by Crippen LogP contribution is -2.27. The van der Waals surface area contributed by atoms with E-state index in [1.54, 1.807) is 18.2 Å². The molecule has 0 saturated carbocycles. The maximum absolute atomic E-state index is 12.3. The molecule has 0 aliphatic rings. The summed E-state index contributed by atoms with van der Waals surface area (Å²) in [7, 11) is 0. The van der Waals surface area contributed by atoms with Gasteiger partial charge in [-0.3, -0.25) is 0 Å². The molecule has 2 amide bonds. The van der Waals surface area contributed by atoms with Crippen LogP contribution in [0.1, 0.15) is 13.8 Å². The molecule has 0 atom stereocenters. The molecule has 0 unspecified atom stereocenters. The van der Waals surface area contributed by atoms with Gasteiger partial charge in [0, 0.05) is 29.2 Å². The molecule has 168 valence electrons. The van der Waals surface area contributed by atoms with Gasteiger partial charge >= 0.3 is 12.2 Å². The summed E-state index contributed by atoms with van der Waals surface area (Å²) in [6.07, 6.45) is -1.14. The topological polar surface area (TPSA) is 76.7 Å². The molecule has 2 N–H and O–H groups in total. The lowest BCUT2D eigenvalue weighted by molar-refractivity contribution is 0.199. The molecule has 0 aromatic heterocycles. The first-order valence-corrected chi connectivity index (χ1v) is 11.0. The van der Waals surface area contributed by atoms with Crippen LogP contribution in [0.15, 0.2) is 66.7 Å². The Kier molecular flexibility index (Phi) is 6.66. The van der Waals surface area contributed by atoms with Crippen LogP contribution in [0.25, 0.3) is 32.7 Å². The van der Waals surface area contributed by atoms with Gasteiger partial charge in [-0.05, 0) is 59.7 Å². The summed E-state index contributed by atoms with van der Waals surface area (Å²) in [6, 6.07) is 20.5. The molecular formula is C26H23ClN2O4. The number of carbonyl (C=O) groups excluding carboxylic acids is 2. The summed E-state index contributed by atoms with van der Waals surface area (Å²) >= 11 is 6.24. The van der Waals surface area contributed by atoms with Gasteiger partial charge in [0.2, 0.25) is 0 Å². The monoisotopic (exact) mass is 462 g/mol. The highest BCUT2D eigenvalue weighted by atomic mass is 35.5. The summed E-state index contributed by atoms with van der Waals surface area (Å²) in [4.78, 5) is 24.7. The summed E-state index contributed by atoms with van der Waals surface area (Å²) in [5.74, 6) is 0.690. The van der Waals surface area contributed by atoms with Crippen molar-refractivity contribution in [2.75, 3.05) is 13.1 Å². The first kappa shape index (κ1) is 22.4. The van der Waals surface area contributed by atoms with Gasteiger partial charge in [-0.25, -0.2) is 9.59 Å². The molecule has 0 spiro atoms. The normalized spacial score (nSPS) is 10.8. The van der Waals surface area contributed by atoms with Crippen molar-refractivity contribution in [2.45, 2.75) is 13.8 Å². The zero-order valence-electron chi connectivity index (χ0n) is 18.3. The summed E-state index contributed by atoms with van der Waals surface area (Å²) < 4.78 is 11.4. The standard InChI is InChI=1S/C26H23ClN2O4/c1-3-28-25(30)32-21-13-9-16-7-5-6-8-19(16)23(21)24-20-12-11-18(27)15-17(20)10-14-22(24)33-26(31)29-4-2/h5-15H,3-4H2,1-2H3,(H,28,30)(H,29,31). The smallest absolute Gasteiger partial charge is 0.410 e. The highest BCUT2D eigenvalue weighted by Crippen LogP contribution is 2.45. The number of hydrogen-bond acceptors (Lipinski definition) is 4. The van der Waals surface area contributed by atoms with E-state index in [9.17, 15) is 9.59 Å². The van der Waals surface area contributed by atoms with Crippen molar-refractivity contribution in [1.29, 1.82) is 0 Å². The quantitative estimate of drug-likeness (QED) is 0.353. The van der Waals surface area contributed by atoms with E-state index in [-0.39, 0.29) is 0 Å². The molecule has 7 heteroatoms. The maximum atomic E-state index is 12.3. The predicted molar refractivity (Wildman–Crippen MR) is 131 cm³/mol. The molecule has 4 aromatic carbocycles. The summed E-state index contributed by atoms with van der Waals surface area (Å²) in [5.41, 5.74) is 1.28. The van der Waals surface area contributed by atoms with Gasteiger partial charge in [0.15, 0.2) is 0 Å². The molecule has 0 bridgehead atoms. The Morgan fingerprint density at radius 1 is 0.727 bits per heavy atom. The van der Waals surface area contributed by atoms with Crippen molar-refractivity contribution in [3.05, 3.63) is 71.8 Å².